The second kappa shape index (κ2) is 10.2. The number of amides is 1. The van der Waals surface area contributed by atoms with Crippen LogP contribution in [0, 0.1) is 11.7 Å². The zero-order chi connectivity index (χ0) is 23.4. The quantitative estimate of drug-likeness (QED) is 0.471. The van der Waals surface area contributed by atoms with Gasteiger partial charge < -0.3 is 19.9 Å². The van der Waals surface area contributed by atoms with Gasteiger partial charge in [0, 0.05) is 23.9 Å². The lowest BCUT2D eigenvalue weighted by atomic mass is 10.0. The van der Waals surface area contributed by atoms with E-state index in [1.54, 1.807) is 36.5 Å². The van der Waals surface area contributed by atoms with E-state index < -0.39 is 5.82 Å². The third-order valence-corrected chi connectivity index (χ3v) is 5.73. The number of rotatable bonds is 9. The molecule has 0 aliphatic heterocycles. The number of nitrogens with one attached hydrogen (secondary N) is 1. The maximum absolute atomic E-state index is 14.1. The molecule has 1 aliphatic carbocycles. The molecular formula is C25H24ClFN2O4. The number of aliphatic hydroxyl groups is 1. The van der Waals surface area contributed by atoms with Crippen molar-refractivity contribution >= 4 is 17.5 Å². The molecule has 0 radical (unpaired) electrons. The van der Waals surface area contributed by atoms with Crippen LogP contribution < -0.4 is 14.8 Å². The van der Waals surface area contributed by atoms with Gasteiger partial charge in [-0.3, -0.25) is 9.78 Å². The van der Waals surface area contributed by atoms with Crippen LogP contribution in [0.3, 0.4) is 0 Å². The fourth-order valence-electron chi connectivity index (χ4n) is 3.49. The van der Waals surface area contributed by atoms with Gasteiger partial charge in [0.05, 0.1) is 36.6 Å². The fraction of sp³-hybridized carbons (Fsp3) is 0.280. The Morgan fingerprint density at radius 3 is 2.79 bits per heavy atom. The van der Waals surface area contributed by atoms with E-state index in [1.165, 1.54) is 13.2 Å². The minimum absolute atomic E-state index is 0.0368. The van der Waals surface area contributed by atoms with Crippen molar-refractivity contribution in [1.82, 2.24) is 10.3 Å². The van der Waals surface area contributed by atoms with Crippen LogP contribution in [0.15, 0.2) is 48.7 Å². The van der Waals surface area contributed by atoms with E-state index in [-0.39, 0.29) is 29.8 Å². The summed E-state index contributed by atoms with van der Waals surface area (Å²) in [6.45, 7) is 0.441. The molecular weight excluding hydrogens is 447 g/mol. The van der Waals surface area contributed by atoms with Gasteiger partial charge in [0.25, 0.3) is 5.91 Å². The Bertz CT molecular complexity index is 1140. The molecule has 1 fully saturated rings. The summed E-state index contributed by atoms with van der Waals surface area (Å²) in [5, 5.41) is 12.6. The summed E-state index contributed by atoms with van der Waals surface area (Å²) in [6, 6.07) is 11.6. The number of nitrogens with zero attached hydrogens (tertiary/aromatic N) is 1. The first-order valence-corrected chi connectivity index (χ1v) is 11.0. The average molecular weight is 471 g/mol. The lowest BCUT2D eigenvalue weighted by Gasteiger charge is -2.15. The van der Waals surface area contributed by atoms with Gasteiger partial charge in [-0.25, -0.2) is 4.39 Å². The molecule has 2 aromatic carbocycles. The Kier molecular flexibility index (Phi) is 7.11. The van der Waals surface area contributed by atoms with Gasteiger partial charge in [-0.1, -0.05) is 17.7 Å². The number of hydrogen-bond acceptors (Lipinski definition) is 5. The average Bonchev–Trinajstić information content (AvgIpc) is 3.65. The molecule has 2 N–H and O–H groups in total. The van der Waals surface area contributed by atoms with Crippen LogP contribution in [0.5, 0.6) is 11.5 Å². The topological polar surface area (TPSA) is 80.7 Å². The molecule has 1 saturated carbocycles. The summed E-state index contributed by atoms with van der Waals surface area (Å²) in [4.78, 5) is 17.5. The number of methoxy groups -OCH3 is 1. The van der Waals surface area contributed by atoms with Gasteiger partial charge in [0.2, 0.25) is 0 Å². The van der Waals surface area contributed by atoms with E-state index >= 15 is 0 Å². The van der Waals surface area contributed by atoms with E-state index in [1.807, 2.05) is 6.07 Å². The second-order valence-electron chi connectivity index (χ2n) is 7.91. The molecule has 3 aromatic rings. The number of ether oxygens (including phenoxy) is 2. The highest BCUT2D eigenvalue weighted by Crippen LogP contribution is 2.33. The fourth-order valence-corrected chi connectivity index (χ4v) is 3.79. The van der Waals surface area contributed by atoms with Crippen LogP contribution in [-0.4, -0.2) is 29.7 Å². The smallest absolute Gasteiger partial charge is 0.255 e. The highest BCUT2D eigenvalue weighted by Gasteiger charge is 2.24. The molecule has 0 saturated heterocycles. The zero-order valence-corrected chi connectivity index (χ0v) is 18.9. The third kappa shape index (κ3) is 5.43. The molecule has 172 valence electrons. The largest absolute Gasteiger partial charge is 0.492 e. The number of carbonyl (C=O) groups excluding carboxylic acids is 1. The van der Waals surface area contributed by atoms with Crippen LogP contribution in [0.4, 0.5) is 4.39 Å². The van der Waals surface area contributed by atoms with Crippen LogP contribution >= 0.6 is 11.6 Å². The molecule has 1 aliphatic rings. The van der Waals surface area contributed by atoms with Crippen LogP contribution in [0.2, 0.25) is 5.02 Å². The summed E-state index contributed by atoms with van der Waals surface area (Å²) in [5.41, 5.74) is 2.76. The lowest BCUT2D eigenvalue weighted by Crippen LogP contribution is -2.24. The van der Waals surface area contributed by atoms with Crippen molar-refractivity contribution in [3.63, 3.8) is 0 Å². The summed E-state index contributed by atoms with van der Waals surface area (Å²) in [6.07, 6.45) is 3.88. The number of benzene rings is 2. The Balaban J connectivity index is 1.59. The van der Waals surface area contributed by atoms with Crippen molar-refractivity contribution in [1.29, 1.82) is 0 Å². The molecule has 8 heteroatoms. The Morgan fingerprint density at radius 2 is 2.09 bits per heavy atom. The predicted octanol–water partition coefficient (Wildman–Crippen LogP) is 4.76. The first kappa shape index (κ1) is 23.0. The maximum Gasteiger partial charge on any atom is 0.255 e. The predicted molar refractivity (Wildman–Crippen MR) is 123 cm³/mol. The molecule has 33 heavy (non-hydrogen) atoms. The normalized spacial score (nSPS) is 13.0. The van der Waals surface area contributed by atoms with Gasteiger partial charge >= 0.3 is 0 Å². The van der Waals surface area contributed by atoms with Crippen molar-refractivity contribution in [2.45, 2.75) is 26.0 Å². The zero-order valence-electron chi connectivity index (χ0n) is 18.1. The molecule has 0 bridgehead atoms. The summed E-state index contributed by atoms with van der Waals surface area (Å²) >= 11 is 6.06. The Morgan fingerprint density at radius 1 is 1.27 bits per heavy atom. The lowest BCUT2D eigenvalue weighted by molar-refractivity contribution is 0.0946. The van der Waals surface area contributed by atoms with Crippen LogP contribution in [-0.2, 0) is 13.2 Å². The van der Waals surface area contributed by atoms with Crippen molar-refractivity contribution in [3.05, 3.63) is 76.2 Å². The molecule has 4 rings (SSSR count). The number of hydrogen-bond donors (Lipinski definition) is 2. The van der Waals surface area contributed by atoms with Gasteiger partial charge in [0.15, 0.2) is 11.6 Å². The number of aliphatic hydroxyl groups excluding tert-OH is 1. The van der Waals surface area contributed by atoms with Crippen molar-refractivity contribution in [2.24, 2.45) is 5.92 Å². The summed E-state index contributed by atoms with van der Waals surface area (Å²) in [5.74, 6) is -0.0384. The monoisotopic (exact) mass is 470 g/mol. The molecule has 1 heterocycles. The van der Waals surface area contributed by atoms with Gasteiger partial charge in [-0.05, 0) is 60.7 Å². The van der Waals surface area contributed by atoms with Crippen LogP contribution in [0.1, 0.15) is 34.3 Å². The summed E-state index contributed by atoms with van der Waals surface area (Å²) < 4.78 is 25.0. The number of carbonyl (C=O) groups is 1. The van der Waals surface area contributed by atoms with E-state index in [0.29, 0.717) is 46.2 Å². The van der Waals surface area contributed by atoms with Gasteiger partial charge in [-0.15, -0.1) is 0 Å². The number of aromatic nitrogens is 1. The highest BCUT2D eigenvalue weighted by atomic mass is 35.5. The number of halogens is 2. The van der Waals surface area contributed by atoms with Crippen molar-refractivity contribution in [2.75, 3.05) is 13.7 Å². The van der Waals surface area contributed by atoms with E-state index in [4.69, 9.17) is 21.1 Å². The third-order valence-electron chi connectivity index (χ3n) is 5.45. The SMILES string of the molecule is COc1c(F)cc(CNC(=O)c2cc(-c3ncccc3CO)ccc2OCC2CC2)cc1Cl. The Hall–Kier alpha value is -3.16. The molecule has 6 nitrogen and oxygen atoms in total. The van der Waals surface area contributed by atoms with E-state index in [2.05, 4.69) is 10.3 Å². The van der Waals surface area contributed by atoms with Crippen LogP contribution in [0.25, 0.3) is 11.3 Å². The first-order chi connectivity index (χ1) is 16.0. The van der Waals surface area contributed by atoms with Gasteiger partial charge in [0.1, 0.15) is 5.75 Å². The van der Waals surface area contributed by atoms with Crippen molar-refractivity contribution < 1.29 is 23.8 Å². The molecule has 0 unspecified atom stereocenters. The summed E-state index contributed by atoms with van der Waals surface area (Å²) in [7, 11) is 1.34. The second-order valence-corrected chi connectivity index (χ2v) is 8.32. The Labute approximate surface area is 196 Å². The van der Waals surface area contributed by atoms with E-state index in [0.717, 1.165) is 12.8 Å². The highest BCUT2D eigenvalue weighted by molar-refractivity contribution is 6.32. The first-order valence-electron chi connectivity index (χ1n) is 10.6. The molecule has 0 spiro atoms. The molecule has 1 amide bonds. The maximum atomic E-state index is 14.1. The minimum Gasteiger partial charge on any atom is -0.492 e. The van der Waals surface area contributed by atoms with E-state index in [9.17, 15) is 14.3 Å². The number of pyridine rings is 1. The molecule has 0 atom stereocenters. The standard InChI is InChI=1S/C25H24ClFN2O4/c1-32-24-20(26)9-16(10-21(24)27)12-29-25(31)19-11-17(23-18(13-30)3-2-8-28-23)6-7-22(19)33-14-15-4-5-15/h2-3,6-11,15,30H,4-5,12-14H2,1H3,(H,29,31). The van der Waals surface area contributed by atoms with Gasteiger partial charge in [-0.2, -0.15) is 0 Å². The minimum atomic E-state index is -0.601. The van der Waals surface area contributed by atoms with Crippen molar-refractivity contribution in [3.8, 4) is 22.8 Å². The molecule has 1 aromatic heterocycles.